The average molecular weight is 422 g/mol. The quantitative estimate of drug-likeness (QED) is 0.662. The Hall–Kier alpha value is -4.07. The minimum absolute atomic E-state index is 0.0524. The van der Waals surface area contributed by atoms with Gasteiger partial charge in [0.15, 0.2) is 12.4 Å². The smallest absolute Gasteiger partial charge is 0.343 e. The summed E-state index contributed by atoms with van der Waals surface area (Å²) in [5.41, 5.74) is 2.09. The molecule has 8 nitrogen and oxygen atoms in total. The maximum Gasteiger partial charge on any atom is 0.343 e. The molecule has 1 amide bonds. The van der Waals surface area contributed by atoms with Gasteiger partial charge in [-0.1, -0.05) is 12.1 Å². The summed E-state index contributed by atoms with van der Waals surface area (Å²) in [6, 6.07) is 13.9. The van der Waals surface area contributed by atoms with Gasteiger partial charge in [-0.2, -0.15) is 0 Å². The zero-order chi connectivity index (χ0) is 22.4. The van der Waals surface area contributed by atoms with Crippen LogP contribution in [0.2, 0.25) is 0 Å². The molecule has 3 rings (SSSR count). The maximum atomic E-state index is 12.1. The third-order valence-corrected chi connectivity index (χ3v) is 4.45. The number of nitrogens with one attached hydrogen (secondary N) is 1. The molecule has 0 atom stereocenters. The zero-order valence-corrected chi connectivity index (χ0v) is 17.3. The van der Waals surface area contributed by atoms with Gasteiger partial charge >= 0.3 is 5.97 Å². The predicted molar refractivity (Wildman–Crippen MR) is 116 cm³/mol. The Kier molecular flexibility index (Phi) is 6.71. The Morgan fingerprint density at radius 1 is 1.03 bits per heavy atom. The van der Waals surface area contributed by atoms with Crippen LogP contribution in [0.4, 0.5) is 5.69 Å². The van der Waals surface area contributed by atoms with Crippen LogP contribution in [0.3, 0.4) is 0 Å². The minimum atomic E-state index is -0.640. The number of esters is 1. The lowest BCUT2D eigenvalue weighted by molar-refractivity contribution is -0.135. The number of ether oxygens (including phenoxy) is 3. The fraction of sp³-hybridized carbons (Fsp3) is 0.174. The van der Waals surface area contributed by atoms with Crippen molar-refractivity contribution in [2.24, 2.45) is 4.99 Å². The summed E-state index contributed by atoms with van der Waals surface area (Å²) in [7, 11) is 2.82. The fourth-order valence-corrected chi connectivity index (χ4v) is 2.87. The topological polar surface area (TPSA) is 106 Å². The summed E-state index contributed by atoms with van der Waals surface area (Å²) >= 11 is 0. The third kappa shape index (κ3) is 5.30. The molecule has 2 aromatic carbocycles. The van der Waals surface area contributed by atoms with Crippen LogP contribution in [-0.4, -0.2) is 43.5 Å². The Labute approximate surface area is 179 Å². The number of hydrogen-bond acceptors (Lipinski definition) is 7. The van der Waals surface area contributed by atoms with Crippen molar-refractivity contribution in [1.82, 2.24) is 0 Å². The molecule has 0 saturated carbocycles. The molecule has 0 saturated heterocycles. The fourth-order valence-electron chi connectivity index (χ4n) is 2.87. The van der Waals surface area contributed by atoms with Crippen LogP contribution in [0.5, 0.6) is 11.5 Å². The van der Waals surface area contributed by atoms with E-state index in [-0.39, 0.29) is 29.5 Å². The van der Waals surface area contributed by atoms with Gasteiger partial charge in [0.05, 0.1) is 19.9 Å². The molecule has 0 radical (unpaired) electrons. The molecule has 160 valence electrons. The zero-order valence-electron chi connectivity index (χ0n) is 17.3. The lowest BCUT2D eigenvalue weighted by Crippen LogP contribution is -2.20. The van der Waals surface area contributed by atoms with E-state index in [4.69, 9.17) is 9.47 Å². The first-order valence-corrected chi connectivity index (χ1v) is 9.37. The van der Waals surface area contributed by atoms with Crippen molar-refractivity contribution >= 4 is 29.4 Å². The van der Waals surface area contributed by atoms with E-state index in [1.54, 1.807) is 68.6 Å². The van der Waals surface area contributed by atoms with E-state index in [9.17, 15) is 14.7 Å². The number of carbonyl (C=O) groups is 2. The second-order valence-electron chi connectivity index (χ2n) is 6.58. The summed E-state index contributed by atoms with van der Waals surface area (Å²) < 4.78 is 15.2. The molecular weight excluding hydrogens is 400 g/mol. The number of benzene rings is 2. The first-order valence-electron chi connectivity index (χ1n) is 9.37. The van der Waals surface area contributed by atoms with Crippen LogP contribution < -0.4 is 14.8 Å². The number of hydrogen-bond donors (Lipinski definition) is 2. The Morgan fingerprint density at radius 3 is 2.29 bits per heavy atom. The lowest BCUT2D eigenvalue weighted by atomic mass is 10.1. The number of methoxy groups -OCH3 is 2. The summed E-state index contributed by atoms with van der Waals surface area (Å²) in [5.74, 6) is 0.0532. The molecule has 8 heteroatoms. The second-order valence-corrected chi connectivity index (χ2v) is 6.58. The Bertz CT molecular complexity index is 1070. The monoisotopic (exact) mass is 422 g/mol. The maximum absolute atomic E-state index is 12.1. The summed E-state index contributed by atoms with van der Waals surface area (Å²) in [4.78, 5) is 28.0. The molecular formula is C23H22N2O6. The molecule has 0 fully saturated rings. The largest absolute Gasteiger partial charge is 0.505 e. The van der Waals surface area contributed by atoms with E-state index in [1.165, 1.54) is 7.11 Å². The number of amides is 1. The molecule has 0 bridgehead atoms. The van der Waals surface area contributed by atoms with Crippen molar-refractivity contribution in [3.05, 3.63) is 71.1 Å². The number of nitrogens with zero attached hydrogens (tertiary/aromatic N) is 1. The molecule has 1 aliphatic rings. The van der Waals surface area contributed by atoms with Crippen molar-refractivity contribution in [2.45, 2.75) is 6.92 Å². The molecule has 1 heterocycles. The number of aliphatic hydroxyl groups excluding tert-OH is 1. The highest BCUT2D eigenvalue weighted by Gasteiger charge is 2.27. The van der Waals surface area contributed by atoms with Gasteiger partial charge in [0.2, 0.25) is 0 Å². The molecule has 0 spiro atoms. The van der Waals surface area contributed by atoms with Crippen LogP contribution in [0.15, 0.2) is 70.6 Å². The van der Waals surface area contributed by atoms with E-state index in [0.29, 0.717) is 22.9 Å². The third-order valence-electron chi connectivity index (χ3n) is 4.45. The molecule has 31 heavy (non-hydrogen) atoms. The van der Waals surface area contributed by atoms with Crippen LogP contribution in [0.1, 0.15) is 12.5 Å². The highest BCUT2D eigenvalue weighted by Crippen LogP contribution is 2.26. The van der Waals surface area contributed by atoms with Crippen LogP contribution in [0, 0.1) is 0 Å². The van der Waals surface area contributed by atoms with E-state index in [1.807, 2.05) is 0 Å². The minimum Gasteiger partial charge on any atom is -0.505 e. The average Bonchev–Trinajstić information content (AvgIpc) is 3.06. The summed E-state index contributed by atoms with van der Waals surface area (Å²) in [6.45, 7) is 1.47. The van der Waals surface area contributed by atoms with Gasteiger partial charge in [-0.25, -0.2) is 9.79 Å². The Balaban J connectivity index is 1.59. The van der Waals surface area contributed by atoms with E-state index >= 15 is 0 Å². The van der Waals surface area contributed by atoms with Crippen LogP contribution >= 0.6 is 0 Å². The molecule has 0 aliphatic carbocycles. The van der Waals surface area contributed by atoms with Gasteiger partial charge in [0.25, 0.3) is 5.91 Å². The highest BCUT2D eigenvalue weighted by molar-refractivity contribution is 6.22. The standard InChI is InChI=1S/C23H22N2O6/c1-14-21(23(28)30-3)22(27)19(24-14)12-15-4-8-18(9-5-15)31-13-20(26)25-16-6-10-17(29-2)11-7-16/h4-12,27H,13H2,1-3H3,(H,25,26)/b19-12+. The van der Waals surface area contributed by atoms with Crippen molar-refractivity contribution in [2.75, 3.05) is 26.1 Å². The van der Waals surface area contributed by atoms with Gasteiger partial charge in [-0.05, 0) is 55.0 Å². The normalized spacial score (nSPS) is 14.3. The molecule has 0 unspecified atom stereocenters. The Morgan fingerprint density at radius 2 is 1.68 bits per heavy atom. The molecule has 2 aromatic rings. The van der Waals surface area contributed by atoms with Gasteiger partial charge < -0.3 is 24.6 Å². The van der Waals surface area contributed by atoms with E-state index in [0.717, 1.165) is 5.56 Å². The number of anilines is 1. The van der Waals surface area contributed by atoms with E-state index < -0.39 is 5.97 Å². The first-order chi connectivity index (χ1) is 14.9. The van der Waals surface area contributed by atoms with Gasteiger partial charge in [-0.15, -0.1) is 0 Å². The lowest BCUT2D eigenvalue weighted by Gasteiger charge is -2.08. The SMILES string of the molecule is COC(=O)C1=C(O)/C(=C\c2ccc(OCC(=O)Nc3ccc(OC)cc3)cc2)N=C1C. The van der Waals surface area contributed by atoms with Gasteiger partial charge in [-0.3, -0.25) is 4.79 Å². The van der Waals surface area contributed by atoms with Crippen molar-refractivity contribution < 1.29 is 28.9 Å². The number of aliphatic imine (C=N–C) groups is 1. The second kappa shape index (κ2) is 9.62. The van der Waals surface area contributed by atoms with Crippen molar-refractivity contribution in [3.8, 4) is 11.5 Å². The van der Waals surface area contributed by atoms with Gasteiger partial charge in [0, 0.05) is 5.69 Å². The molecule has 0 aromatic heterocycles. The number of aliphatic hydroxyl groups is 1. The summed E-state index contributed by atoms with van der Waals surface area (Å²) in [6.07, 6.45) is 1.63. The van der Waals surface area contributed by atoms with Crippen LogP contribution in [-0.2, 0) is 14.3 Å². The van der Waals surface area contributed by atoms with Crippen molar-refractivity contribution in [3.63, 3.8) is 0 Å². The first kappa shape index (κ1) is 21.6. The van der Waals surface area contributed by atoms with Crippen molar-refractivity contribution in [1.29, 1.82) is 0 Å². The highest BCUT2D eigenvalue weighted by atomic mass is 16.5. The van der Waals surface area contributed by atoms with Crippen LogP contribution in [0.25, 0.3) is 6.08 Å². The molecule has 1 aliphatic heterocycles. The van der Waals surface area contributed by atoms with Gasteiger partial charge in [0.1, 0.15) is 22.8 Å². The predicted octanol–water partition coefficient (Wildman–Crippen LogP) is 3.51. The summed E-state index contributed by atoms with van der Waals surface area (Å²) in [5, 5.41) is 13.0. The number of carbonyl (C=O) groups excluding carboxylic acids is 2. The van der Waals surface area contributed by atoms with E-state index in [2.05, 4.69) is 15.0 Å². The number of rotatable bonds is 7. The molecule has 2 N–H and O–H groups in total.